The van der Waals surface area contributed by atoms with Crippen molar-refractivity contribution in [3.63, 3.8) is 0 Å². The first-order chi connectivity index (χ1) is 8.81. The lowest BCUT2D eigenvalue weighted by Crippen LogP contribution is -2.40. The number of aryl methyl sites for hydroxylation is 1. The normalized spacial score (nSPS) is 18.2. The largest absolute Gasteiger partial charge is 0.338 e. The van der Waals surface area contributed by atoms with Crippen LogP contribution in [0.15, 0.2) is 30.3 Å². The summed E-state index contributed by atoms with van der Waals surface area (Å²) < 4.78 is 0. The van der Waals surface area contributed by atoms with Gasteiger partial charge in [-0.1, -0.05) is 30.3 Å². The molecule has 4 heteroatoms. The van der Waals surface area contributed by atoms with Gasteiger partial charge in [-0.25, -0.2) is 0 Å². The summed E-state index contributed by atoms with van der Waals surface area (Å²) in [7, 11) is 1.95. The topological polar surface area (TPSA) is 32.3 Å². The summed E-state index contributed by atoms with van der Waals surface area (Å²) in [5.41, 5.74) is 1.25. The molecule has 3 nitrogen and oxygen atoms in total. The van der Waals surface area contributed by atoms with Crippen molar-refractivity contribution in [1.29, 1.82) is 0 Å². The summed E-state index contributed by atoms with van der Waals surface area (Å²) in [6, 6.07) is 10.6. The third-order valence-corrected chi connectivity index (χ3v) is 3.61. The van der Waals surface area contributed by atoms with E-state index in [1.165, 1.54) is 5.56 Å². The standard InChI is InChI=1S/C15H22N2O.ClH/c1-16-12-14-8-5-11-17(14)15(18)10-9-13-6-3-2-4-7-13;/h2-4,6-7,14,16H,5,8-12H2,1H3;1H. The smallest absolute Gasteiger partial charge is 0.223 e. The molecule has 2 rings (SSSR count). The summed E-state index contributed by atoms with van der Waals surface area (Å²) in [6.45, 7) is 1.84. The number of benzene rings is 1. The van der Waals surface area contributed by atoms with Crippen molar-refractivity contribution in [2.45, 2.75) is 31.7 Å². The maximum Gasteiger partial charge on any atom is 0.223 e. The van der Waals surface area contributed by atoms with Crippen molar-refractivity contribution in [2.75, 3.05) is 20.1 Å². The van der Waals surface area contributed by atoms with Crippen molar-refractivity contribution in [3.8, 4) is 0 Å². The second kappa shape index (κ2) is 8.18. The van der Waals surface area contributed by atoms with Crippen molar-refractivity contribution >= 4 is 18.3 Å². The Morgan fingerprint density at radius 1 is 1.37 bits per heavy atom. The zero-order valence-corrected chi connectivity index (χ0v) is 12.3. The van der Waals surface area contributed by atoms with Gasteiger partial charge in [0.05, 0.1) is 0 Å². The molecule has 0 bridgehead atoms. The molecule has 0 saturated carbocycles. The number of carbonyl (C=O) groups is 1. The van der Waals surface area contributed by atoms with Crippen LogP contribution in [0.2, 0.25) is 0 Å². The first-order valence-electron chi connectivity index (χ1n) is 6.79. The van der Waals surface area contributed by atoms with E-state index in [1.54, 1.807) is 0 Å². The Morgan fingerprint density at radius 3 is 2.79 bits per heavy atom. The van der Waals surface area contributed by atoms with Crippen molar-refractivity contribution in [2.24, 2.45) is 0 Å². The highest BCUT2D eigenvalue weighted by molar-refractivity contribution is 5.85. The lowest BCUT2D eigenvalue weighted by Gasteiger charge is -2.24. The van der Waals surface area contributed by atoms with Gasteiger partial charge in [-0.2, -0.15) is 0 Å². The number of likely N-dealkylation sites (N-methyl/N-ethyl adjacent to an activating group) is 1. The van der Waals surface area contributed by atoms with E-state index >= 15 is 0 Å². The Balaban J connectivity index is 0.00000180. The molecular weight excluding hydrogens is 260 g/mol. The third-order valence-electron chi connectivity index (χ3n) is 3.61. The first kappa shape index (κ1) is 16.0. The summed E-state index contributed by atoms with van der Waals surface area (Å²) >= 11 is 0. The first-order valence-corrected chi connectivity index (χ1v) is 6.79. The SMILES string of the molecule is CNCC1CCCN1C(=O)CCc1ccccc1.Cl. The number of halogens is 1. The van der Waals surface area contributed by atoms with Crippen LogP contribution in [0.4, 0.5) is 0 Å². The average Bonchev–Trinajstić information content (AvgIpc) is 2.86. The highest BCUT2D eigenvalue weighted by atomic mass is 35.5. The molecule has 1 heterocycles. The van der Waals surface area contributed by atoms with E-state index in [1.807, 2.05) is 25.2 Å². The molecule has 1 N–H and O–H groups in total. The molecule has 19 heavy (non-hydrogen) atoms. The number of hydrogen-bond donors (Lipinski definition) is 1. The quantitative estimate of drug-likeness (QED) is 0.898. The van der Waals surface area contributed by atoms with E-state index in [-0.39, 0.29) is 12.4 Å². The number of rotatable bonds is 5. The summed E-state index contributed by atoms with van der Waals surface area (Å²) in [6.07, 6.45) is 3.76. The van der Waals surface area contributed by atoms with Crippen molar-refractivity contribution < 1.29 is 4.79 Å². The number of amides is 1. The van der Waals surface area contributed by atoms with Crippen LogP contribution < -0.4 is 5.32 Å². The molecule has 1 unspecified atom stereocenters. The number of nitrogens with zero attached hydrogens (tertiary/aromatic N) is 1. The van der Waals surface area contributed by atoms with Gasteiger partial charge < -0.3 is 10.2 Å². The maximum atomic E-state index is 12.2. The van der Waals surface area contributed by atoms with Crippen molar-refractivity contribution in [3.05, 3.63) is 35.9 Å². The molecule has 1 aromatic carbocycles. The molecule has 1 saturated heterocycles. The van der Waals surface area contributed by atoms with E-state index in [2.05, 4.69) is 22.3 Å². The second-order valence-electron chi connectivity index (χ2n) is 4.93. The van der Waals surface area contributed by atoms with Crippen LogP contribution in [0, 0.1) is 0 Å². The van der Waals surface area contributed by atoms with Gasteiger partial charge >= 0.3 is 0 Å². The Morgan fingerprint density at radius 2 is 2.11 bits per heavy atom. The highest BCUT2D eigenvalue weighted by Crippen LogP contribution is 2.18. The van der Waals surface area contributed by atoms with Crippen LogP contribution in [0.1, 0.15) is 24.8 Å². The van der Waals surface area contributed by atoms with Gasteiger partial charge in [0, 0.05) is 25.6 Å². The Hall–Kier alpha value is -1.06. The van der Waals surface area contributed by atoms with Crippen LogP contribution in [0.5, 0.6) is 0 Å². The molecular formula is C15H23ClN2O. The molecule has 106 valence electrons. The molecule has 1 fully saturated rings. The molecule has 1 aliphatic heterocycles. The molecule has 0 aliphatic carbocycles. The van der Waals surface area contributed by atoms with Crippen LogP contribution in [-0.4, -0.2) is 37.0 Å². The summed E-state index contributed by atoms with van der Waals surface area (Å²) in [5, 5.41) is 3.17. The van der Waals surface area contributed by atoms with Gasteiger partial charge in [0.1, 0.15) is 0 Å². The molecule has 0 spiro atoms. The van der Waals surface area contributed by atoms with Crippen LogP contribution in [-0.2, 0) is 11.2 Å². The van der Waals surface area contributed by atoms with Crippen molar-refractivity contribution in [1.82, 2.24) is 10.2 Å². The van der Waals surface area contributed by atoms with E-state index in [9.17, 15) is 4.79 Å². The second-order valence-corrected chi connectivity index (χ2v) is 4.93. The van der Waals surface area contributed by atoms with Crippen LogP contribution >= 0.6 is 12.4 Å². The average molecular weight is 283 g/mol. The van der Waals surface area contributed by atoms with Gasteiger partial charge in [0.15, 0.2) is 0 Å². The number of carbonyl (C=O) groups excluding carboxylic acids is 1. The van der Waals surface area contributed by atoms with E-state index in [4.69, 9.17) is 0 Å². The Kier molecular flexibility index (Phi) is 6.89. The lowest BCUT2D eigenvalue weighted by molar-refractivity contribution is -0.131. The summed E-state index contributed by atoms with van der Waals surface area (Å²) in [4.78, 5) is 14.3. The minimum atomic E-state index is 0. The Labute approximate surface area is 121 Å². The minimum absolute atomic E-state index is 0. The van der Waals surface area contributed by atoms with Crippen LogP contribution in [0.3, 0.4) is 0 Å². The molecule has 1 aromatic rings. The predicted octanol–water partition coefficient (Wildman–Crippen LogP) is 2.25. The van der Waals surface area contributed by atoms with E-state index in [0.717, 1.165) is 32.4 Å². The lowest BCUT2D eigenvalue weighted by atomic mass is 10.1. The third kappa shape index (κ3) is 4.51. The van der Waals surface area contributed by atoms with E-state index in [0.29, 0.717) is 18.4 Å². The monoisotopic (exact) mass is 282 g/mol. The molecule has 0 aromatic heterocycles. The number of likely N-dealkylation sites (tertiary alicyclic amines) is 1. The van der Waals surface area contributed by atoms with Crippen LogP contribution in [0.25, 0.3) is 0 Å². The molecule has 1 amide bonds. The summed E-state index contributed by atoms with van der Waals surface area (Å²) in [5.74, 6) is 0.302. The predicted molar refractivity (Wildman–Crippen MR) is 80.7 cm³/mol. The fraction of sp³-hybridized carbons (Fsp3) is 0.533. The van der Waals surface area contributed by atoms with Gasteiger partial charge in [-0.05, 0) is 31.9 Å². The highest BCUT2D eigenvalue weighted by Gasteiger charge is 2.27. The number of hydrogen-bond acceptors (Lipinski definition) is 2. The molecule has 0 radical (unpaired) electrons. The molecule has 1 atom stereocenters. The zero-order chi connectivity index (χ0) is 12.8. The fourth-order valence-electron chi connectivity index (χ4n) is 2.65. The van der Waals surface area contributed by atoms with Gasteiger partial charge in [-0.15, -0.1) is 12.4 Å². The zero-order valence-electron chi connectivity index (χ0n) is 11.5. The fourth-order valence-corrected chi connectivity index (χ4v) is 2.65. The van der Waals surface area contributed by atoms with E-state index < -0.39 is 0 Å². The minimum Gasteiger partial charge on any atom is -0.338 e. The Bertz CT molecular complexity index is 383. The van der Waals surface area contributed by atoms with Gasteiger partial charge in [0.25, 0.3) is 0 Å². The van der Waals surface area contributed by atoms with Gasteiger partial charge in [0.2, 0.25) is 5.91 Å². The van der Waals surface area contributed by atoms with Gasteiger partial charge in [-0.3, -0.25) is 4.79 Å². The molecule has 1 aliphatic rings. The maximum absolute atomic E-state index is 12.2. The number of nitrogens with one attached hydrogen (secondary N) is 1.